The highest BCUT2D eigenvalue weighted by molar-refractivity contribution is 5.69. The molecule has 0 heterocycles. The van der Waals surface area contributed by atoms with E-state index in [9.17, 15) is 9.59 Å². The van der Waals surface area contributed by atoms with Crippen LogP contribution < -0.4 is 0 Å². The van der Waals surface area contributed by atoms with Gasteiger partial charge in [-0.1, -0.05) is 136 Å². The van der Waals surface area contributed by atoms with Crippen molar-refractivity contribution in [2.45, 2.75) is 168 Å². The largest absolute Gasteiger partial charge is 0.466 e. The van der Waals surface area contributed by atoms with Crippen LogP contribution in [-0.2, 0) is 19.1 Å². The van der Waals surface area contributed by atoms with Crippen molar-refractivity contribution in [1.29, 1.82) is 0 Å². The van der Waals surface area contributed by atoms with E-state index in [1.165, 1.54) is 89.9 Å². The maximum absolute atomic E-state index is 11.8. The predicted octanol–water partition coefficient (Wildman–Crippen LogP) is 9.72. The van der Waals surface area contributed by atoms with Gasteiger partial charge >= 0.3 is 11.9 Å². The molecule has 0 aliphatic heterocycles. The van der Waals surface area contributed by atoms with Gasteiger partial charge in [-0.3, -0.25) is 9.59 Å². The van der Waals surface area contributed by atoms with Gasteiger partial charge in [0, 0.05) is 12.8 Å². The molecule has 0 saturated carbocycles. The van der Waals surface area contributed by atoms with Gasteiger partial charge in [-0.25, -0.2) is 0 Å². The Labute approximate surface area is 218 Å². The SMILES string of the molecule is CCCCCCCCCCCCCCCCCOC(=O)CCCCCCCCC(=O)OCC(C)C. The molecule has 0 amide bonds. The minimum Gasteiger partial charge on any atom is -0.466 e. The molecule has 0 N–H and O–H groups in total. The number of carbonyl (C=O) groups excluding carboxylic acids is 2. The quantitative estimate of drug-likeness (QED) is 0.0838. The summed E-state index contributed by atoms with van der Waals surface area (Å²) < 4.78 is 10.6. The van der Waals surface area contributed by atoms with Gasteiger partial charge in [0.2, 0.25) is 0 Å². The van der Waals surface area contributed by atoms with Gasteiger partial charge < -0.3 is 9.47 Å². The van der Waals surface area contributed by atoms with Gasteiger partial charge in [-0.15, -0.1) is 0 Å². The van der Waals surface area contributed by atoms with Gasteiger partial charge in [0.25, 0.3) is 0 Å². The molecule has 0 fully saturated rings. The molecule has 4 heteroatoms. The van der Waals surface area contributed by atoms with Gasteiger partial charge in [-0.2, -0.15) is 0 Å². The molecule has 0 unspecified atom stereocenters. The summed E-state index contributed by atoms with van der Waals surface area (Å²) in [7, 11) is 0. The first kappa shape index (κ1) is 33.9. The van der Waals surface area contributed by atoms with E-state index in [0.29, 0.717) is 32.0 Å². The van der Waals surface area contributed by atoms with E-state index in [1.807, 2.05) is 13.8 Å². The normalized spacial score (nSPS) is 11.2. The van der Waals surface area contributed by atoms with Crippen LogP contribution in [0.25, 0.3) is 0 Å². The Kier molecular flexibility index (Phi) is 26.7. The second kappa shape index (κ2) is 27.5. The zero-order valence-electron chi connectivity index (χ0n) is 23.9. The molecule has 0 aromatic rings. The monoisotopic (exact) mass is 496 g/mol. The number of ether oxygens (including phenoxy) is 2. The Morgan fingerprint density at radius 1 is 0.486 bits per heavy atom. The molecule has 0 aromatic carbocycles. The zero-order valence-corrected chi connectivity index (χ0v) is 23.9. The third kappa shape index (κ3) is 29.1. The molecule has 0 atom stereocenters. The molecule has 35 heavy (non-hydrogen) atoms. The standard InChI is InChI=1S/C31H60O4/c1-4-5-6-7-8-9-10-11-12-13-14-15-18-21-24-27-34-30(32)25-22-19-16-17-20-23-26-31(33)35-28-29(2)3/h29H,4-28H2,1-3H3. The topological polar surface area (TPSA) is 52.6 Å². The summed E-state index contributed by atoms with van der Waals surface area (Å²) in [6, 6.07) is 0. The Bertz CT molecular complexity index is 461. The van der Waals surface area contributed by atoms with Crippen LogP contribution in [0.5, 0.6) is 0 Å². The first-order valence-corrected chi connectivity index (χ1v) is 15.4. The maximum atomic E-state index is 11.8. The third-order valence-corrected chi connectivity index (χ3v) is 6.60. The second-order valence-corrected chi connectivity index (χ2v) is 10.9. The maximum Gasteiger partial charge on any atom is 0.305 e. The molecule has 0 aliphatic rings. The van der Waals surface area contributed by atoms with Crippen molar-refractivity contribution in [2.24, 2.45) is 5.92 Å². The fraction of sp³-hybridized carbons (Fsp3) is 0.935. The van der Waals surface area contributed by atoms with Gasteiger partial charge in [0.15, 0.2) is 0 Å². The number of hydrogen-bond donors (Lipinski definition) is 0. The van der Waals surface area contributed by atoms with Gasteiger partial charge in [0.1, 0.15) is 0 Å². The number of carbonyl (C=O) groups is 2. The summed E-state index contributed by atoms with van der Waals surface area (Å²) in [5.74, 6) is 0.286. The summed E-state index contributed by atoms with van der Waals surface area (Å²) in [4.78, 5) is 23.4. The average Bonchev–Trinajstić information content (AvgIpc) is 2.84. The van der Waals surface area contributed by atoms with E-state index < -0.39 is 0 Å². The Hall–Kier alpha value is -1.06. The van der Waals surface area contributed by atoms with E-state index in [2.05, 4.69) is 6.92 Å². The fourth-order valence-corrected chi connectivity index (χ4v) is 4.31. The van der Waals surface area contributed by atoms with Gasteiger partial charge in [0.05, 0.1) is 13.2 Å². The molecule has 0 aliphatic carbocycles. The van der Waals surface area contributed by atoms with Crippen LogP contribution in [0.15, 0.2) is 0 Å². The molecular formula is C31H60O4. The molecule has 0 bridgehead atoms. The lowest BCUT2D eigenvalue weighted by molar-refractivity contribution is -0.145. The Morgan fingerprint density at radius 2 is 0.829 bits per heavy atom. The van der Waals surface area contributed by atoms with Crippen LogP contribution in [0.1, 0.15) is 168 Å². The van der Waals surface area contributed by atoms with Crippen LogP contribution in [0.2, 0.25) is 0 Å². The summed E-state index contributed by atoms with van der Waals surface area (Å²) >= 11 is 0. The molecule has 0 radical (unpaired) electrons. The molecular weight excluding hydrogens is 436 g/mol. The van der Waals surface area contributed by atoms with E-state index in [4.69, 9.17) is 9.47 Å². The van der Waals surface area contributed by atoms with Crippen molar-refractivity contribution < 1.29 is 19.1 Å². The highest BCUT2D eigenvalue weighted by atomic mass is 16.5. The number of hydrogen-bond acceptors (Lipinski definition) is 4. The number of unbranched alkanes of at least 4 members (excludes halogenated alkanes) is 19. The first-order valence-electron chi connectivity index (χ1n) is 15.4. The minimum atomic E-state index is -0.0736. The fourth-order valence-electron chi connectivity index (χ4n) is 4.31. The van der Waals surface area contributed by atoms with Gasteiger partial charge in [-0.05, 0) is 25.2 Å². The van der Waals surface area contributed by atoms with E-state index in [1.54, 1.807) is 0 Å². The zero-order chi connectivity index (χ0) is 25.8. The lowest BCUT2D eigenvalue weighted by atomic mass is 10.0. The lowest BCUT2D eigenvalue weighted by Crippen LogP contribution is -2.09. The van der Waals surface area contributed by atoms with Crippen LogP contribution in [0.4, 0.5) is 0 Å². The molecule has 0 spiro atoms. The third-order valence-electron chi connectivity index (χ3n) is 6.60. The Balaban J connectivity index is 3.22. The van der Waals surface area contributed by atoms with E-state index in [0.717, 1.165) is 44.9 Å². The average molecular weight is 497 g/mol. The molecule has 208 valence electrons. The highest BCUT2D eigenvalue weighted by Gasteiger charge is 2.05. The summed E-state index contributed by atoms with van der Waals surface area (Å²) in [6.45, 7) is 7.48. The number of rotatable bonds is 27. The van der Waals surface area contributed by atoms with Crippen molar-refractivity contribution in [3.8, 4) is 0 Å². The highest BCUT2D eigenvalue weighted by Crippen LogP contribution is 2.14. The van der Waals surface area contributed by atoms with Crippen LogP contribution in [0, 0.1) is 5.92 Å². The van der Waals surface area contributed by atoms with Crippen molar-refractivity contribution in [3.63, 3.8) is 0 Å². The minimum absolute atomic E-state index is 0.0386. The van der Waals surface area contributed by atoms with E-state index in [-0.39, 0.29) is 11.9 Å². The molecule has 0 rings (SSSR count). The van der Waals surface area contributed by atoms with Crippen LogP contribution in [-0.4, -0.2) is 25.2 Å². The first-order chi connectivity index (χ1) is 17.1. The molecule has 4 nitrogen and oxygen atoms in total. The van der Waals surface area contributed by atoms with Crippen molar-refractivity contribution >= 4 is 11.9 Å². The van der Waals surface area contributed by atoms with Crippen molar-refractivity contribution in [2.75, 3.05) is 13.2 Å². The van der Waals surface area contributed by atoms with Crippen LogP contribution in [0.3, 0.4) is 0 Å². The van der Waals surface area contributed by atoms with Crippen LogP contribution >= 0.6 is 0 Å². The Morgan fingerprint density at radius 3 is 1.23 bits per heavy atom. The summed E-state index contributed by atoms with van der Waals surface area (Å²) in [5.41, 5.74) is 0. The number of esters is 2. The summed E-state index contributed by atoms with van der Waals surface area (Å²) in [5, 5.41) is 0. The second-order valence-electron chi connectivity index (χ2n) is 10.9. The van der Waals surface area contributed by atoms with Crippen molar-refractivity contribution in [1.82, 2.24) is 0 Å². The smallest absolute Gasteiger partial charge is 0.305 e. The van der Waals surface area contributed by atoms with E-state index >= 15 is 0 Å². The van der Waals surface area contributed by atoms with Crippen molar-refractivity contribution in [3.05, 3.63) is 0 Å². The lowest BCUT2D eigenvalue weighted by Gasteiger charge is -2.07. The molecule has 0 saturated heterocycles. The molecule has 0 aromatic heterocycles. The predicted molar refractivity (Wildman–Crippen MR) is 149 cm³/mol. The summed E-state index contributed by atoms with van der Waals surface area (Å²) in [6.07, 6.45) is 27.5.